The predicted octanol–water partition coefficient (Wildman–Crippen LogP) is -10.1. The van der Waals surface area contributed by atoms with Gasteiger partial charge in [0.25, 0.3) is 0 Å². The maximum absolute atomic E-state index is 7.72. The summed E-state index contributed by atoms with van der Waals surface area (Å²) in [5, 5.41) is 0. The van der Waals surface area contributed by atoms with Crippen molar-refractivity contribution in [3.63, 3.8) is 0 Å². The van der Waals surface area contributed by atoms with Crippen LogP contribution in [0.15, 0.2) is 0 Å². The molecule has 0 aliphatic carbocycles. The van der Waals surface area contributed by atoms with Gasteiger partial charge in [0.2, 0.25) is 0 Å². The van der Waals surface area contributed by atoms with Gasteiger partial charge in [0.15, 0.2) is 0 Å². The van der Waals surface area contributed by atoms with E-state index in [0.29, 0.717) is 0 Å². The Balaban J connectivity index is -0.000000000500. The number of hydrogen-bond donors (Lipinski definition) is 0. The molecule has 0 saturated carbocycles. The summed E-state index contributed by atoms with van der Waals surface area (Å²) in [6.45, 7) is 0. The van der Waals surface area contributed by atoms with E-state index in [1.54, 1.807) is 0 Å². The topological polar surface area (TPSA) is 54.6 Å². The Labute approximate surface area is 93.6 Å². The Morgan fingerprint density at radius 3 is 1.17 bits per heavy atom. The Kier molecular flexibility index (Phi) is 330. The van der Waals surface area contributed by atoms with Gasteiger partial charge in [-0.15, -0.1) is 0 Å². The van der Waals surface area contributed by atoms with Crippen molar-refractivity contribution in [2.24, 2.45) is 0 Å². The smallest absolute Gasteiger partial charge is 1.00 e. The molecule has 0 unspecified atom stereocenters. The van der Waals surface area contributed by atoms with E-state index in [2.05, 4.69) is 11.9 Å². The first-order chi connectivity index (χ1) is 1.00. The number of halogens is 2. The van der Waals surface area contributed by atoms with Crippen molar-refractivity contribution in [2.45, 2.75) is 0 Å². The maximum Gasteiger partial charge on any atom is 1.00 e. The second kappa shape index (κ2) is 50.7. The summed E-state index contributed by atoms with van der Waals surface area (Å²) in [6, 6.07) is 0. The van der Waals surface area contributed by atoms with E-state index in [1.165, 1.54) is 0 Å². The van der Waals surface area contributed by atoms with Crippen LogP contribution < -0.4 is 76.2 Å². The van der Waals surface area contributed by atoms with Crippen LogP contribution in [0.25, 0.3) is 0 Å². The van der Waals surface area contributed by atoms with Gasteiger partial charge in [-0.3, -0.25) is 0 Å². The van der Waals surface area contributed by atoms with Crippen molar-refractivity contribution >= 4 is 11.9 Å². The molecule has 2 nitrogen and oxygen atoms in total. The number of hydrogen-bond acceptors (Lipinski definition) is 1. The fourth-order valence-electron chi connectivity index (χ4n) is 0. The minimum absolute atomic E-state index is 0. The van der Waals surface area contributed by atoms with E-state index in [4.69, 9.17) is 4.66 Å². The molecule has 0 aromatic carbocycles. The summed E-state index contributed by atoms with van der Waals surface area (Å²) in [5.74, 6) is 0. The van der Waals surface area contributed by atoms with Crippen LogP contribution in [-0.2, 0) is 0 Å². The van der Waals surface area contributed by atoms with Gasteiger partial charge in [0.1, 0.15) is 0 Å². The van der Waals surface area contributed by atoms with Gasteiger partial charge in [0, 0.05) is 1.43 Å². The molecule has 0 rings (SSSR count). The van der Waals surface area contributed by atoms with Crippen molar-refractivity contribution in [2.75, 3.05) is 0 Å². The van der Waals surface area contributed by atoms with Crippen molar-refractivity contribution in [3.05, 3.63) is 0 Å². The summed E-state index contributed by atoms with van der Waals surface area (Å²) in [6.07, 6.45) is 0. The van der Waals surface area contributed by atoms with E-state index < -0.39 is 0 Å². The number of rotatable bonds is 0. The first-order valence-electron chi connectivity index (χ1n) is 0.154. The van der Waals surface area contributed by atoms with Gasteiger partial charge in [-0.2, -0.15) is 0 Å². The fourth-order valence-corrected chi connectivity index (χ4v) is 0. The molecule has 6 heteroatoms. The molecular weight excluding hydrogens is 149 g/mol. The van der Waals surface area contributed by atoms with Crippen LogP contribution in [-0.4, -0.2) is 5.48 Å². The van der Waals surface area contributed by atoms with Gasteiger partial charge in [0.05, 0.1) is 0 Å². The summed E-state index contributed by atoms with van der Waals surface area (Å²) < 4.78 is 7.72. The van der Waals surface area contributed by atoms with E-state index in [1.807, 2.05) is 0 Å². The van der Waals surface area contributed by atoms with Crippen LogP contribution in [0, 0.1) is 0 Å². The average Bonchev–Trinajstić information content (AvgIpc) is 1.00. The molecular formula is H4Cl2Na2O2. The zero-order valence-corrected chi connectivity index (χ0v) is 9.18. The molecule has 0 aliphatic heterocycles. The average molecular weight is 153 g/mol. The van der Waals surface area contributed by atoms with E-state index in [-0.39, 0.29) is 78.4 Å². The molecule has 0 heterocycles. The van der Waals surface area contributed by atoms with Crippen LogP contribution in [0.4, 0.5) is 0 Å². The summed E-state index contributed by atoms with van der Waals surface area (Å²) >= 11 is 3.39. The molecule has 0 radical (unpaired) electrons. The van der Waals surface area contributed by atoms with E-state index >= 15 is 0 Å². The summed E-state index contributed by atoms with van der Waals surface area (Å²) in [7, 11) is 0. The van der Waals surface area contributed by atoms with Crippen molar-refractivity contribution < 1.29 is 83.1 Å². The third-order valence-electron chi connectivity index (χ3n) is 0. The SMILES string of the molecule is O.[Cl-].[HH].[Na+].[Na+].[O-]Cl. The third-order valence-corrected chi connectivity index (χ3v) is 0. The monoisotopic (exact) mass is 152 g/mol. The Hall–Kier alpha value is 2.50. The van der Waals surface area contributed by atoms with E-state index in [0.717, 1.165) is 0 Å². The first kappa shape index (κ1) is 39.0. The molecule has 0 aliphatic rings. The van der Waals surface area contributed by atoms with Gasteiger partial charge >= 0.3 is 59.1 Å². The van der Waals surface area contributed by atoms with Gasteiger partial charge < -0.3 is 22.5 Å². The van der Waals surface area contributed by atoms with Crippen LogP contribution >= 0.6 is 11.9 Å². The zero-order chi connectivity index (χ0) is 2.00. The molecule has 0 aromatic rings. The Morgan fingerprint density at radius 2 is 1.17 bits per heavy atom. The summed E-state index contributed by atoms with van der Waals surface area (Å²) in [5.41, 5.74) is 0. The third kappa shape index (κ3) is 31.5. The molecule has 0 fully saturated rings. The van der Waals surface area contributed by atoms with Crippen LogP contribution in [0.3, 0.4) is 0 Å². The Morgan fingerprint density at radius 1 is 1.17 bits per heavy atom. The molecule has 32 valence electrons. The van der Waals surface area contributed by atoms with Crippen LogP contribution in [0.1, 0.15) is 1.43 Å². The second-order valence-corrected chi connectivity index (χ2v) is 0. The molecule has 2 N–H and O–H groups in total. The zero-order valence-electron chi connectivity index (χ0n) is 3.66. The maximum atomic E-state index is 7.72. The molecule has 6 heavy (non-hydrogen) atoms. The fraction of sp³-hybridized carbons (Fsp3) is 0. The first-order valence-corrected chi connectivity index (χ1v) is 0.463. The molecule has 0 bridgehead atoms. The molecule has 0 amide bonds. The normalized spacial score (nSPS) is 1.00. The van der Waals surface area contributed by atoms with Gasteiger partial charge in [-0.1, -0.05) is 0 Å². The van der Waals surface area contributed by atoms with Crippen molar-refractivity contribution in [1.29, 1.82) is 0 Å². The second-order valence-electron chi connectivity index (χ2n) is 0. The van der Waals surface area contributed by atoms with Crippen LogP contribution in [0.2, 0.25) is 0 Å². The van der Waals surface area contributed by atoms with Crippen molar-refractivity contribution in [3.8, 4) is 0 Å². The summed E-state index contributed by atoms with van der Waals surface area (Å²) in [4.78, 5) is 0. The predicted molar refractivity (Wildman–Crippen MR) is 11.6 cm³/mol. The Bertz CT molecular complexity index is 13.7. The molecule has 0 atom stereocenters. The van der Waals surface area contributed by atoms with Gasteiger partial charge in [-0.05, 0) is 0 Å². The standard InChI is InChI=1S/ClO.ClH.2Na.H2O.H2/c1-2;;;;;/h;1H;;;1H2;1H/q-1;;2*+1;;/p-1. The molecule has 0 aromatic heterocycles. The quantitative estimate of drug-likeness (QED) is 0.319. The van der Waals surface area contributed by atoms with Crippen molar-refractivity contribution in [1.82, 2.24) is 0 Å². The van der Waals surface area contributed by atoms with E-state index in [9.17, 15) is 0 Å². The van der Waals surface area contributed by atoms with Gasteiger partial charge in [-0.25, -0.2) is 11.9 Å². The minimum Gasteiger partial charge on any atom is -1.00 e. The largest absolute Gasteiger partial charge is 1.00 e. The van der Waals surface area contributed by atoms with Crippen LogP contribution in [0.5, 0.6) is 0 Å². The minimum atomic E-state index is 0. The molecule has 0 saturated heterocycles. The molecule has 0 spiro atoms.